The monoisotopic (exact) mass is 307 g/mol. The molecule has 1 nitrogen and oxygen atoms in total. The van der Waals surface area contributed by atoms with E-state index in [1.807, 2.05) is 0 Å². The van der Waals surface area contributed by atoms with Crippen LogP contribution in [0.5, 0.6) is 0 Å². The van der Waals surface area contributed by atoms with Gasteiger partial charge in [0.15, 0.2) is 0 Å². The van der Waals surface area contributed by atoms with Gasteiger partial charge < -0.3 is 5.32 Å². The van der Waals surface area contributed by atoms with E-state index in [-0.39, 0.29) is 0 Å². The van der Waals surface area contributed by atoms with Gasteiger partial charge in [0.1, 0.15) is 0 Å². The van der Waals surface area contributed by atoms with Crippen molar-refractivity contribution in [2.45, 2.75) is 39.2 Å². The maximum absolute atomic E-state index is 6.49. The van der Waals surface area contributed by atoms with E-state index in [9.17, 15) is 0 Å². The van der Waals surface area contributed by atoms with Crippen LogP contribution in [0.15, 0.2) is 35.0 Å². The zero-order valence-corrected chi connectivity index (χ0v) is 13.7. The topological polar surface area (TPSA) is 12.0 Å². The Balaban J connectivity index is 2.11. The van der Waals surface area contributed by atoms with Gasteiger partial charge in [0, 0.05) is 11.1 Å². The Bertz CT molecular complexity index is 522. The molecule has 0 saturated heterocycles. The number of halogens is 1. The zero-order chi connectivity index (χ0) is 14.4. The highest BCUT2D eigenvalue weighted by molar-refractivity contribution is 7.07. The second-order valence-corrected chi connectivity index (χ2v) is 6.31. The Morgan fingerprint density at radius 3 is 2.85 bits per heavy atom. The van der Waals surface area contributed by atoms with Crippen LogP contribution in [0.3, 0.4) is 0 Å². The molecule has 0 spiro atoms. The van der Waals surface area contributed by atoms with Crippen molar-refractivity contribution in [2.24, 2.45) is 0 Å². The number of aryl methyl sites for hydroxylation is 2. The first-order valence-electron chi connectivity index (χ1n) is 7.21. The fourth-order valence-corrected chi connectivity index (χ4v) is 3.33. The molecule has 0 bridgehead atoms. The van der Waals surface area contributed by atoms with Crippen LogP contribution in [-0.4, -0.2) is 6.54 Å². The first kappa shape index (κ1) is 15.6. The molecule has 1 atom stereocenters. The predicted octanol–water partition coefficient (Wildman–Crippen LogP) is 5.38. The SMILES string of the molecule is CCCNC(CCc1ccsc1)c1cccc(C)c1Cl. The summed E-state index contributed by atoms with van der Waals surface area (Å²) in [6, 6.07) is 8.86. The van der Waals surface area contributed by atoms with E-state index in [4.69, 9.17) is 11.6 Å². The van der Waals surface area contributed by atoms with E-state index in [2.05, 4.69) is 54.2 Å². The lowest BCUT2D eigenvalue weighted by molar-refractivity contribution is 0.499. The number of rotatable bonds is 7. The number of hydrogen-bond donors (Lipinski definition) is 1. The fraction of sp³-hybridized carbons (Fsp3) is 0.412. The van der Waals surface area contributed by atoms with Gasteiger partial charge in [-0.2, -0.15) is 11.3 Å². The summed E-state index contributed by atoms with van der Waals surface area (Å²) in [6.45, 7) is 5.29. The second-order valence-electron chi connectivity index (χ2n) is 5.16. The van der Waals surface area contributed by atoms with Crippen LogP contribution < -0.4 is 5.32 Å². The molecule has 1 heterocycles. The zero-order valence-electron chi connectivity index (χ0n) is 12.2. The van der Waals surface area contributed by atoms with Crippen LogP contribution in [0.2, 0.25) is 5.02 Å². The van der Waals surface area contributed by atoms with Gasteiger partial charge in [0.05, 0.1) is 0 Å². The minimum absolute atomic E-state index is 0.335. The standard InChI is InChI=1S/C17H22ClNS/c1-3-10-19-16(8-7-14-9-11-20-12-14)15-6-4-5-13(2)17(15)18/h4-6,9,11-12,16,19H,3,7-8,10H2,1-2H3. The summed E-state index contributed by atoms with van der Waals surface area (Å²) in [6.07, 6.45) is 3.31. The Morgan fingerprint density at radius 2 is 2.15 bits per heavy atom. The normalized spacial score (nSPS) is 12.6. The van der Waals surface area contributed by atoms with Gasteiger partial charge in [-0.1, -0.05) is 36.7 Å². The first-order valence-corrected chi connectivity index (χ1v) is 8.54. The molecule has 0 aliphatic rings. The minimum atomic E-state index is 0.335. The van der Waals surface area contributed by atoms with Crippen molar-refractivity contribution in [1.29, 1.82) is 0 Å². The summed E-state index contributed by atoms with van der Waals surface area (Å²) >= 11 is 8.25. The maximum atomic E-state index is 6.49. The molecule has 20 heavy (non-hydrogen) atoms. The van der Waals surface area contributed by atoms with Gasteiger partial charge in [-0.05, 0) is 66.2 Å². The third-order valence-corrected chi connectivity index (χ3v) is 4.79. The molecular formula is C17H22ClNS. The number of benzene rings is 1. The molecule has 2 rings (SSSR count). The van der Waals surface area contributed by atoms with Gasteiger partial charge >= 0.3 is 0 Å². The smallest absolute Gasteiger partial charge is 0.0482 e. The Morgan fingerprint density at radius 1 is 1.30 bits per heavy atom. The van der Waals surface area contributed by atoms with Crippen molar-refractivity contribution in [1.82, 2.24) is 5.32 Å². The molecule has 0 fully saturated rings. The number of hydrogen-bond acceptors (Lipinski definition) is 2. The quantitative estimate of drug-likeness (QED) is 0.723. The van der Waals surface area contributed by atoms with Gasteiger partial charge in [-0.25, -0.2) is 0 Å². The lowest BCUT2D eigenvalue weighted by Gasteiger charge is -2.21. The summed E-state index contributed by atoms with van der Waals surface area (Å²) in [4.78, 5) is 0. The van der Waals surface area contributed by atoms with Crippen molar-refractivity contribution >= 4 is 22.9 Å². The largest absolute Gasteiger partial charge is 0.310 e. The molecule has 0 aliphatic carbocycles. The molecule has 1 unspecified atom stereocenters. The van der Waals surface area contributed by atoms with E-state index in [1.54, 1.807) is 11.3 Å². The average molecular weight is 308 g/mol. The van der Waals surface area contributed by atoms with Gasteiger partial charge in [0.25, 0.3) is 0 Å². The lowest BCUT2D eigenvalue weighted by Crippen LogP contribution is -2.23. The molecule has 1 aromatic heterocycles. The predicted molar refractivity (Wildman–Crippen MR) is 89.9 cm³/mol. The molecule has 0 saturated carbocycles. The van der Waals surface area contributed by atoms with Crippen LogP contribution in [-0.2, 0) is 6.42 Å². The van der Waals surface area contributed by atoms with E-state index in [1.165, 1.54) is 11.1 Å². The van der Waals surface area contributed by atoms with E-state index in [0.717, 1.165) is 36.4 Å². The molecule has 0 radical (unpaired) electrons. The lowest BCUT2D eigenvalue weighted by atomic mass is 9.98. The molecule has 3 heteroatoms. The highest BCUT2D eigenvalue weighted by Gasteiger charge is 2.15. The third-order valence-electron chi connectivity index (χ3n) is 3.54. The molecular weight excluding hydrogens is 286 g/mol. The van der Waals surface area contributed by atoms with Gasteiger partial charge in [0.2, 0.25) is 0 Å². The highest BCUT2D eigenvalue weighted by Crippen LogP contribution is 2.29. The highest BCUT2D eigenvalue weighted by atomic mass is 35.5. The minimum Gasteiger partial charge on any atom is -0.310 e. The third kappa shape index (κ3) is 4.08. The molecule has 108 valence electrons. The molecule has 0 amide bonds. The van der Waals surface area contributed by atoms with Gasteiger partial charge in [-0.3, -0.25) is 0 Å². The molecule has 1 aromatic carbocycles. The molecule has 2 aromatic rings. The summed E-state index contributed by atoms with van der Waals surface area (Å²) in [5, 5.41) is 8.92. The maximum Gasteiger partial charge on any atom is 0.0482 e. The van der Waals surface area contributed by atoms with Crippen molar-refractivity contribution in [3.05, 3.63) is 56.7 Å². The van der Waals surface area contributed by atoms with E-state index >= 15 is 0 Å². The van der Waals surface area contributed by atoms with Crippen molar-refractivity contribution < 1.29 is 0 Å². The van der Waals surface area contributed by atoms with Crippen LogP contribution in [0.4, 0.5) is 0 Å². The average Bonchev–Trinajstić information content (AvgIpc) is 2.96. The van der Waals surface area contributed by atoms with Crippen LogP contribution in [0, 0.1) is 6.92 Å². The Hall–Kier alpha value is -0.830. The molecule has 0 aliphatic heterocycles. The summed E-state index contributed by atoms with van der Waals surface area (Å²) in [5.74, 6) is 0. The van der Waals surface area contributed by atoms with Crippen LogP contribution in [0.1, 0.15) is 42.5 Å². The first-order chi connectivity index (χ1) is 9.72. The van der Waals surface area contributed by atoms with Crippen LogP contribution >= 0.6 is 22.9 Å². The Kier molecular flexibility index (Phi) is 6.08. The second kappa shape index (κ2) is 7.82. The fourth-order valence-electron chi connectivity index (χ4n) is 2.37. The summed E-state index contributed by atoms with van der Waals surface area (Å²) in [7, 11) is 0. The number of thiophene rings is 1. The Labute approximate surface area is 131 Å². The van der Waals surface area contributed by atoms with Crippen LogP contribution in [0.25, 0.3) is 0 Å². The summed E-state index contributed by atoms with van der Waals surface area (Å²) in [5.41, 5.74) is 3.81. The van der Waals surface area contributed by atoms with Crippen molar-refractivity contribution in [2.75, 3.05) is 6.54 Å². The summed E-state index contributed by atoms with van der Waals surface area (Å²) < 4.78 is 0. The number of nitrogens with one attached hydrogen (secondary N) is 1. The van der Waals surface area contributed by atoms with E-state index in [0.29, 0.717) is 6.04 Å². The molecule has 1 N–H and O–H groups in total. The van der Waals surface area contributed by atoms with E-state index < -0.39 is 0 Å². The van der Waals surface area contributed by atoms with Crippen molar-refractivity contribution in [3.63, 3.8) is 0 Å². The van der Waals surface area contributed by atoms with Crippen molar-refractivity contribution in [3.8, 4) is 0 Å². The van der Waals surface area contributed by atoms with Gasteiger partial charge in [-0.15, -0.1) is 0 Å².